The maximum absolute atomic E-state index is 12.1. The van der Waals surface area contributed by atoms with Crippen molar-refractivity contribution in [1.29, 1.82) is 0 Å². The number of hydrogen-bond acceptors (Lipinski definition) is 5. The summed E-state index contributed by atoms with van der Waals surface area (Å²) in [6.07, 6.45) is 5.43. The molecule has 108 valence electrons. The van der Waals surface area contributed by atoms with Gasteiger partial charge in [0.2, 0.25) is 5.95 Å². The van der Waals surface area contributed by atoms with Gasteiger partial charge in [0.25, 0.3) is 10.0 Å². The molecule has 7 nitrogen and oxygen atoms in total. The van der Waals surface area contributed by atoms with Gasteiger partial charge in [-0.1, -0.05) is 6.92 Å². The molecule has 2 aromatic rings. The Morgan fingerprint density at radius 1 is 1.30 bits per heavy atom. The Labute approximate surface area is 117 Å². The van der Waals surface area contributed by atoms with Crippen LogP contribution in [0.15, 0.2) is 35.6 Å². The van der Waals surface area contributed by atoms with Crippen LogP contribution in [0.2, 0.25) is 0 Å². The molecule has 0 aliphatic carbocycles. The fraction of sp³-hybridized carbons (Fsp3) is 0.333. The number of H-pyrrole nitrogens is 1. The molecule has 0 amide bonds. The van der Waals surface area contributed by atoms with Crippen molar-refractivity contribution in [2.24, 2.45) is 0 Å². The van der Waals surface area contributed by atoms with Crippen molar-refractivity contribution >= 4 is 16.0 Å². The molecular formula is C12H17N5O2S. The van der Waals surface area contributed by atoms with E-state index in [2.05, 4.69) is 31.9 Å². The molecule has 0 aliphatic heterocycles. The smallest absolute Gasteiger partial charge is 0.265 e. The van der Waals surface area contributed by atoms with Crippen molar-refractivity contribution in [2.45, 2.75) is 24.8 Å². The first-order valence-corrected chi connectivity index (χ1v) is 7.78. The Morgan fingerprint density at radius 2 is 2.05 bits per heavy atom. The number of rotatable bonds is 7. The molecule has 3 N–H and O–H groups in total. The van der Waals surface area contributed by atoms with Crippen molar-refractivity contribution in [1.82, 2.24) is 20.3 Å². The van der Waals surface area contributed by atoms with Crippen LogP contribution in [0, 0.1) is 0 Å². The van der Waals surface area contributed by atoms with Crippen LogP contribution in [0.5, 0.6) is 0 Å². The van der Waals surface area contributed by atoms with E-state index in [1.54, 1.807) is 12.1 Å². The second kappa shape index (κ2) is 6.49. The van der Waals surface area contributed by atoms with E-state index < -0.39 is 10.0 Å². The molecule has 2 rings (SSSR count). The van der Waals surface area contributed by atoms with Gasteiger partial charge < -0.3 is 10.3 Å². The summed E-state index contributed by atoms with van der Waals surface area (Å²) in [5.41, 5.74) is 0.813. The average molecular weight is 295 g/mol. The van der Waals surface area contributed by atoms with Crippen molar-refractivity contribution in [2.75, 3.05) is 11.3 Å². The van der Waals surface area contributed by atoms with E-state index >= 15 is 0 Å². The molecule has 8 heteroatoms. The zero-order valence-corrected chi connectivity index (χ0v) is 11.9. The first-order valence-electron chi connectivity index (χ1n) is 6.29. The Bertz CT molecular complexity index is 639. The molecule has 2 aromatic heterocycles. The third-order valence-electron chi connectivity index (χ3n) is 2.56. The molecule has 0 spiro atoms. The van der Waals surface area contributed by atoms with Gasteiger partial charge in [-0.15, -0.1) is 0 Å². The lowest BCUT2D eigenvalue weighted by molar-refractivity contribution is 0.601. The molecular weight excluding hydrogens is 278 g/mol. The van der Waals surface area contributed by atoms with Gasteiger partial charge in [0, 0.05) is 30.8 Å². The third kappa shape index (κ3) is 3.78. The summed E-state index contributed by atoms with van der Waals surface area (Å²) in [4.78, 5) is 10.8. The largest absolute Gasteiger partial charge is 0.363 e. The van der Waals surface area contributed by atoms with E-state index in [1.807, 2.05) is 0 Å². The first kappa shape index (κ1) is 14.5. The summed E-state index contributed by atoms with van der Waals surface area (Å²) in [5, 5.41) is 3.19. The molecule has 2 heterocycles. The Balaban J connectivity index is 2.06. The van der Waals surface area contributed by atoms with Gasteiger partial charge >= 0.3 is 0 Å². The van der Waals surface area contributed by atoms with Crippen molar-refractivity contribution in [3.8, 4) is 0 Å². The van der Waals surface area contributed by atoms with Crippen LogP contribution in [0.4, 0.5) is 5.95 Å². The summed E-state index contributed by atoms with van der Waals surface area (Å²) in [6, 6.07) is 3.21. The summed E-state index contributed by atoms with van der Waals surface area (Å²) in [7, 11) is -3.66. The van der Waals surface area contributed by atoms with E-state index in [0.717, 1.165) is 18.7 Å². The minimum Gasteiger partial charge on any atom is -0.363 e. The highest BCUT2D eigenvalue weighted by molar-refractivity contribution is 7.92. The van der Waals surface area contributed by atoms with Gasteiger partial charge in [-0.05, 0) is 25.1 Å². The SMILES string of the molecule is CCCNCc1cc(S(=O)(=O)Nc2ncccn2)c[nH]1. The van der Waals surface area contributed by atoms with Crippen LogP contribution < -0.4 is 10.0 Å². The summed E-state index contributed by atoms with van der Waals surface area (Å²) in [6.45, 7) is 3.56. The molecule has 0 aliphatic rings. The lowest BCUT2D eigenvalue weighted by Gasteiger charge is -2.03. The maximum atomic E-state index is 12.1. The topological polar surface area (TPSA) is 99.8 Å². The highest BCUT2D eigenvalue weighted by Crippen LogP contribution is 2.13. The number of nitrogens with one attached hydrogen (secondary N) is 3. The fourth-order valence-electron chi connectivity index (χ4n) is 1.61. The van der Waals surface area contributed by atoms with E-state index in [1.165, 1.54) is 18.6 Å². The summed E-state index contributed by atoms with van der Waals surface area (Å²) in [5.74, 6) is 0.0550. The molecule has 0 aromatic carbocycles. The van der Waals surface area contributed by atoms with E-state index in [9.17, 15) is 8.42 Å². The van der Waals surface area contributed by atoms with Crippen LogP contribution in [-0.2, 0) is 16.6 Å². The predicted octanol–water partition coefficient (Wildman–Crippen LogP) is 1.11. The van der Waals surface area contributed by atoms with Gasteiger partial charge in [-0.3, -0.25) is 0 Å². The highest BCUT2D eigenvalue weighted by Gasteiger charge is 2.17. The van der Waals surface area contributed by atoms with Gasteiger partial charge in [0.15, 0.2) is 0 Å². The number of aromatic amines is 1. The number of hydrogen-bond donors (Lipinski definition) is 3. The minimum absolute atomic E-state index is 0.0550. The van der Waals surface area contributed by atoms with Gasteiger partial charge in [0.1, 0.15) is 4.90 Å². The minimum atomic E-state index is -3.66. The quantitative estimate of drug-likeness (QED) is 0.664. The van der Waals surface area contributed by atoms with Crippen LogP contribution in [0.1, 0.15) is 19.0 Å². The second-order valence-electron chi connectivity index (χ2n) is 4.22. The van der Waals surface area contributed by atoms with E-state index in [0.29, 0.717) is 6.54 Å². The summed E-state index contributed by atoms with van der Waals surface area (Å²) >= 11 is 0. The zero-order chi connectivity index (χ0) is 14.4. The monoisotopic (exact) mass is 295 g/mol. The molecule has 0 atom stereocenters. The third-order valence-corrected chi connectivity index (χ3v) is 3.87. The van der Waals surface area contributed by atoms with Gasteiger partial charge in [-0.2, -0.15) is 0 Å². The molecule has 0 fully saturated rings. The lowest BCUT2D eigenvalue weighted by atomic mass is 10.4. The zero-order valence-electron chi connectivity index (χ0n) is 11.1. The number of aromatic nitrogens is 3. The fourth-order valence-corrected chi connectivity index (χ4v) is 2.58. The molecule has 0 bridgehead atoms. The van der Waals surface area contributed by atoms with Crippen molar-refractivity contribution in [3.05, 3.63) is 36.4 Å². The van der Waals surface area contributed by atoms with Crippen LogP contribution in [0.3, 0.4) is 0 Å². The van der Waals surface area contributed by atoms with Crippen LogP contribution in [0.25, 0.3) is 0 Å². The number of sulfonamides is 1. The Kier molecular flexibility index (Phi) is 4.70. The van der Waals surface area contributed by atoms with Crippen molar-refractivity contribution in [3.63, 3.8) is 0 Å². The second-order valence-corrected chi connectivity index (χ2v) is 5.90. The van der Waals surface area contributed by atoms with E-state index in [-0.39, 0.29) is 10.8 Å². The highest BCUT2D eigenvalue weighted by atomic mass is 32.2. The summed E-state index contributed by atoms with van der Waals surface area (Å²) < 4.78 is 26.6. The van der Waals surface area contributed by atoms with Crippen LogP contribution >= 0.6 is 0 Å². The van der Waals surface area contributed by atoms with Gasteiger partial charge in [-0.25, -0.2) is 23.1 Å². The predicted molar refractivity (Wildman–Crippen MR) is 75.6 cm³/mol. The molecule has 0 radical (unpaired) electrons. The average Bonchev–Trinajstić information content (AvgIpc) is 2.89. The number of anilines is 1. The Morgan fingerprint density at radius 3 is 2.75 bits per heavy atom. The standard InChI is InChI=1S/C12H17N5O2S/c1-2-4-13-8-10-7-11(9-16-10)20(18,19)17-12-14-5-3-6-15-12/h3,5-7,9,13,16H,2,4,8H2,1H3,(H,14,15,17). The van der Waals surface area contributed by atoms with Crippen LogP contribution in [-0.4, -0.2) is 29.9 Å². The Hall–Kier alpha value is -1.93. The van der Waals surface area contributed by atoms with Gasteiger partial charge in [0.05, 0.1) is 0 Å². The maximum Gasteiger partial charge on any atom is 0.265 e. The molecule has 20 heavy (non-hydrogen) atoms. The molecule has 0 unspecified atom stereocenters. The molecule has 0 saturated carbocycles. The lowest BCUT2D eigenvalue weighted by Crippen LogP contribution is -2.15. The normalized spacial score (nSPS) is 11.4. The van der Waals surface area contributed by atoms with Crippen molar-refractivity contribution < 1.29 is 8.42 Å². The van der Waals surface area contributed by atoms with E-state index in [4.69, 9.17) is 0 Å². The molecule has 0 saturated heterocycles. The number of nitrogens with zero attached hydrogens (tertiary/aromatic N) is 2. The first-order chi connectivity index (χ1) is 9.62.